The van der Waals surface area contributed by atoms with Crippen molar-refractivity contribution in [3.05, 3.63) is 221 Å². The van der Waals surface area contributed by atoms with Gasteiger partial charge >= 0.3 is 12.1 Å². The predicted molar refractivity (Wildman–Crippen MR) is 296 cm³/mol. The molecule has 0 aliphatic carbocycles. The molecule has 75 heavy (non-hydrogen) atoms. The largest absolute Gasteiger partial charge is 0.461 e. The summed E-state index contributed by atoms with van der Waals surface area (Å²) in [7, 11) is 1.61. The fourth-order valence-corrected chi connectivity index (χ4v) is 10.1. The molecular weight excluding hydrogens is 957 g/mol. The second-order valence-electron chi connectivity index (χ2n) is 19.0. The number of nitrogens with zero attached hydrogens (tertiary/aromatic N) is 7. The monoisotopic (exact) mass is 1020 g/mol. The van der Waals surface area contributed by atoms with Gasteiger partial charge in [-0.05, 0) is 114 Å². The third-order valence-electron chi connectivity index (χ3n) is 12.7. The third-order valence-corrected chi connectivity index (χ3v) is 13.7. The van der Waals surface area contributed by atoms with E-state index in [2.05, 4.69) is 121 Å². The molecule has 0 aliphatic heterocycles. The number of anilines is 2. The quantitative estimate of drug-likeness (QED) is 0.0378. The summed E-state index contributed by atoms with van der Waals surface area (Å²) >= 11 is 1.57. The fraction of sp³-hybridized carbons (Fsp3) is 0.213. The first-order chi connectivity index (χ1) is 36.4. The van der Waals surface area contributed by atoms with Gasteiger partial charge in [-0.3, -0.25) is 4.90 Å². The number of rotatable bonds is 18. The molecule has 2 N–H and O–H groups in total. The molecule has 2 heterocycles. The SMILES string of the molecule is CCCc1nc(CSc2ccc(Oc3ccc(N)c(N(C)C(=O)OC(C)(C)C)c3)cc2)c(C(=O)OCC)n1Cc1ccc(-c2ccccc2-c2nnnn2C(c2ccccc2)(c2ccccc2)c2ccccc2)cc1. The Balaban J connectivity index is 0.974. The molecule has 380 valence electrons. The van der Waals surface area contributed by atoms with Gasteiger partial charge in [-0.25, -0.2) is 19.3 Å². The molecule has 0 atom stereocenters. The van der Waals surface area contributed by atoms with E-state index in [0.717, 1.165) is 56.1 Å². The van der Waals surface area contributed by atoms with Crippen molar-refractivity contribution in [2.45, 2.75) is 75.8 Å². The molecule has 0 radical (unpaired) electrons. The molecule has 14 heteroatoms. The Hall–Kier alpha value is -8.49. The molecule has 0 fully saturated rings. The van der Waals surface area contributed by atoms with Gasteiger partial charge in [0.2, 0.25) is 0 Å². The lowest BCUT2D eigenvalue weighted by Gasteiger charge is -2.36. The number of imidazole rings is 1. The molecule has 0 saturated carbocycles. The van der Waals surface area contributed by atoms with Gasteiger partial charge in [-0.15, -0.1) is 16.9 Å². The summed E-state index contributed by atoms with van der Waals surface area (Å²) in [6.07, 6.45) is 1.000. The van der Waals surface area contributed by atoms with Crippen LogP contribution in [0.5, 0.6) is 11.5 Å². The lowest BCUT2D eigenvalue weighted by Crippen LogP contribution is -2.39. The van der Waals surface area contributed by atoms with Crippen LogP contribution in [-0.4, -0.2) is 61.1 Å². The van der Waals surface area contributed by atoms with E-state index >= 15 is 0 Å². The molecular formula is C61H60N8O5S. The second kappa shape index (κ2) is 22.7. The number of aryl methyl sites for hydroxylation is 1. The highest BCUT2D eigenvalue weighted by atomic mass is 32.2. The van der Waals surface area contributed by atoms with Gasteiger partial charge in [0.1, 0.15) is 28.5 Å². The van der Waals surface area contributed by atoms with Gasteiger partial charge in [-0.2, -0.15) is 0 Å². The van der Waals surface area contributed by atoms with E-state index in [9.17, 15) is 9.59 Å². The number of tetrazole rings is 1. The number of ether oxygens (including phenoxy) is 3. The zero-order valence-electron chi connectivity index (χ0n) is 43.0. The van der Waals surface area contributed by atoms with E-state index in [0.29, 0.717) is 58.8 Å². The van der Waals surface area contributed by atoms with E-state index in [4.69, 9.17) is 35.2 Å². The molecule has 0 bridgehead atoms. The summed E-state index contributed by atoms with van der Waals surface area (Å²) in [4.78, 5) is 34.1. The summed E-state index contributed by atoms with van der Waals surface area (Å²) in [5.41, 5.74) is 13.5. The Kier molecular flexibility index (Phi) is 15.6. The maximum Gasteiger partial charge on any atom is 0.414 e. The number of hydrogen-bond acceptors (Lipinski definition) is 11. The van der Waals surface area contributed by atoms with Crippen LogP contribution >= 0.6 is 11.8 Å². The number of hydrogen-bond donors (Lipinski definition) is 1. The van der Waals surface area contributed by atoms with Crippen LogP contribution < -0.4 is 15.4 Å². The van der Waals surface area contributed by atoms with E-state index in [1.165, 1.54) is 4.90 Å². The second-order valence-corrected chi connectivity index (χ2v) is 20.0. The molecule has 0 unspecified atom stereocenters. The summed E-state index contributed by atoms with van der Waals surface area (Å²) < 4.78 is 21.4. The van der Waals surface area contributed by atoms with Crippen LogP contribution in [-0.2, 0) is 33.7 Å². The van der Waals surface area contributed by atoms with Crippen molar-refractivity contribution in [2.24, 2.45) is 0 Å². The number of aromatic nitrogens is 6. The Labute approximate surface area is 442 Å². The van der Waals surface area contributed by atoms with Gasteiger partial charge in [0, 0.05) is 42.3 Å². The van der Waals surface area contributed by atoms with Crippen molar-refractivity contribution < 1.29 is 23.8 Å². The summed E-state index contributed by atoms with van der Waals surface area (Å²) in [6.45, 7) is 10.0. The lowest BCUT2D eigenvalue weighted by atomic mass is 9.77. The van der Waals surface area contributed by atoms with E-state index in [1.54, 1.807) is 37.0 Å². The highest BCUT2D eigenvalue weighted by Gasteiger charge is 2.42. The molecule has 13 nitrogen and oxygen atoms in total. The van der Waals surface area contributed by atoms with E-state index < -0.39 is 23.2 Å². The molecule has 0 aliphatic rings. The molecule has 9 aromatic rings. The van der Waals surface area contributed by atoms with Crippen LogP contribution in [0.15, 0.2) is 187 Å². The average Bonchev–Trinajstić information content (AvgIpc) is 4.05. The van der Waals surface area contributed by atoms with Crippen LogP contribution in [0.3, 0.4) is 0 Å². The number of nitrogens with two attached hydrogens (primary N) is 1. The minimum Gasteiger partial charge on any atom is -0.461 e. The number of carbonyl (C=O) groups is 2. The number of thioether (sulfide) groups is 1. The Bertz CT molecular complexity index is 3280. The maximum absolute atomic E-state index is 13.9. The minimum absolute atomic E-state index is 0.231. The van der Waals surface area contributed by atoms with Crippen molar-refractivity contribution in [1.82, 2.24) is 29.8 Å². The van der Waals surface area contributed by atoms with Crippen molar-refractivity contribution in [3.63, 3.8) is 0 Å². The van der Waals surface area contributed by atoms with Gasteiger partial charge in [-0.1, -0.05) is 146 Å². The first-order valence-corrected chi connectivity index (χ1v) is 26.0. The molecule has 9 rings (SSSR count). The number of carbonyl (C=O) groups excluding carboxylic acids is 2. The van der Waals surface area contributed by atoms with Crippen LogP contribution in [0.4, 0.5) is 16.2 Å². The molecule has 7 aromatic carbocycles. The predicted octanol–water partition coefficient (Wildman–Crippen LogP) is 13.3. The number of benzene rings is 7. The number of amides is 1. The summed E-state index contributed by atoms with van der Waals surface area (Å²) in [5.74, 6) is 2.57. The maximum atomic E-state index is 13.9. The minimum atomic E-state index is -0.913. The first kappa shape index (κ1) is 51.4. The Morgan fingerprint density at radius 1 is 0.707 bits per heavy atom. The Morgan fingerprint density at radius 3 is 1.88 bits per heavy atom. The average molecular weight is 1020 g/mol. The van der Waals surface area contributed by atoms with Gasteiger partial charge in [0.15, 0.2) is 11.5 Å². The van der Waals surface area contributed by atoms with E-state index in [-0.39, 0.29) is 6.61 Å². The molecule has 0 spiro atoms. The standard InChI is InChI=1S/C61H60N8O5S/c1-7-20-55-63-53(41-75-49-36-33-47(34-37-49)73-48-35-38-52(62)54(39-48)67(6)59(71)74-60(3,4)5)56(58(70)72-8-2)68(55)40-42-29-31-43(32-30-42)50-27-18-19-28-51(50)57-64-65-66-69(57)61(44-21-12-9-13-22-44,45-23-14-10-15-24-45)46-25-16-11-17-26-46/h9-19,21-39H,7-8,20,40-41,62H2,1-6H3. The van der Waals surface area contributed by atoms with Crippen molar-refractivity contribution in [3.8, 4) is 34.0 Å². The summed E-state index contributed by atoms with van der Waals surface area (Å²) in [5, 5.41) is 13.9. The highest BCUT2D eigenvalue weighted by Crippen LogP contribution is 2.44. The van der Waals surface area contributed by atoms with Crippen molar-refractivity contribution >= 4 is 35.2 Å². The smallest absolute Gasteiger partial charge is 0.414 e. The number of nitrogen functional groups attached to an aromatic ring is 1. The van der Waals surface area contributed by atoms with Gasteiger partial charge in [0.25, 0.3) is 0 Å². The van der Waals surface area contributed by atoms with Crippen LogP contribution in [0.25, 0.3) is 22.5 Å². The number of esters is 1. The van der Waals surface area contributed by atoms with E-state index in [1.807, 2.05) is 91.5 Å². The Morgan fingerprint density at radius 2 is 1.29 bits per heavy atom. The zero-order valence-corrected chi connectivity index (χ0v) is 43.8. The van der Waals surface area contributed by atoms with Crippen molar-refractivity contribution in [1.29, 1.82) is 0 Å². The van der Waals surface area contributed by atoms with Crippen molar-refractivity contribution in [2.75, 3.05) is 24.3 Å². The van der Waals surface area contributed by atoms with Crippen LogP contribution in [0.2, 0.25) is 0 Å². The molecule has 0 saturated heterocycles. The first-order valence-electron chi connectivity index (χ1n) is 25.0. The third kappa shape index (κ3) is 11.2. The molecule has 2 aromatic heterocycles. The van der Waals surface area contributed by atoms with Gasteiger partial charge < -0.3 is 24.5 Å². The molecule has 1 amide bonds. The topological polar surface area (TPSA) is 153 Å². The van der Waals surface area contributed by atoms with Crippen LogP contribution in [0, 0.1) is 0 Å². The zero-order chi connectivity index (χ0) is 52.5. The summed E-state index contributed by atoms with van der Waals surface area (Å²) in [6, 6.07) is 60.6. The normalized spacial score (nSPS) is 11.5. The van der Waals surface area contributed by atoms with Gasteiger partial charge in [0.05, 0.1) is 23.7 Å². The fourth-order valence-electron chi connectivity index (χ4n) is 9.25. The van der Waals surface area contributed by atoms with Crippen LogP contribution in [0.1, 0.15) is 85.3 Å². The lowest BCUT2D eigenvalue weighted by molar-refractivity contribution is 0.0511. The highest BCUT2D eigenvalue weighted by molar-refractivity contribution is 7.98.